The Bertz CT molecular complexity index is 355. The molecule has 3 N–H and O–H groups in total. The van der Waals surface area contributed by atoms with Gasteiger partial charge in [0.2, 0.25) is 0 Å². The smallest absolute Gasteiger partial charge is 0.122 e. The zero-order valence-electron chi connectivity index (χ0n) is 10.1. The summed E-state index contributed by atoms with van der Waals surface area (Å²) < 4.78 is 0. The average molecular weight is 269 g/mol. The molecule has 0 aliphatic heterocycles. The second kappa shape index (κ2) is 8.31. The van der Waals surface area contributed by atoms with Crippen molar-refractivity contribution in [3.8, 4) is 0 Å². The first kappa shape index (κ1) is 14.3. The molecule has 0 aromatic carbocycles. The van der Waals surface area contributed by atoms with E-state index in [4.69, 9.17) is 18.0 Å². The van der Waals surface area contributed by atoms with E-state index in [1.165, 1.54) is 25.0 Å². The second-order valence-electron chi connectivity index (χ2n) is 3.77. The number of nitrogens with two attached hydrogens (primary N) is 1. The highest BCUT2D eigenvalue weighted by Crippen LogP contribution is 2.09. The Hall–Kier alpha value is -0.810. The first-order chi connectivity index (χ1) is 8.24. The normalized spacial score (nSPS) is 10.2. The molecule has 1 aromatic heterocycles. The van der Waals surface area contributed by atoms with E-state index in [0.29, 0.717) is 10.7 Å². The molecule has 0 aliphatic carbocycles. The van der Waals surface area contributed by atoms with Crippen LogP contribution in [0, 0.1) is 0 Å². The highest BCUT2D eigenvalue weighted by Gasteiger charge is 1.99. The van der Waals surface area contributed by atoms with Crippen molar-refractivity contribution in [3.05, 3.63) is 24.0 Å². The highest BCUT2D eigenvalue weighted by atomic mass is 32.2. The van der Waals surface area contributed by atoms with Gasteiger partial charge in [-0.25, -0.2) is 0 Å². The maximum Gasteiger partial charge on any atom is 0.122 e. The van der Waals surface area contributed by atoms with E-state index in [0.717, 1.165) is 12.2 Å². The van der Waals surface area contributed by atoms with Crippen molar-refractivity contribution >= 4 is 34.7 Å². The molecule has 0 spiro atoms. The van der Waals surface area contributed by atoms with Crippen molar-refractivity contribution in [1.29, 1.82) is 0 Å². The van der Waals surface area contributed by atoms with Crippen molar-refractivity contribution in [1.82, 2.24) is 4.98 Å². The van der Waals surface area contributed by atoms with E-state index in [9.17, 15) is 0 Å². The van der Waals surface area contributed by atoms with Gasteiger partial charge in [-0.05, 0) is 37.0 Å². The molecule has 17 heavy (non-hydrogen) atoms. The summed E-state index contributed by atoms with van der Waals surface area (Å²) in [4.78, 5) is 4.44. The van der Waals surface area contributed by atoms with Crippen LogP contribution in [0.2, 0.25) is 0 Å². The summed E-state index contributed by atoms with van der Waals surface area (Å²) in [5, 5.41) is 3.35. The molecule has 1 heterocycles. The Morgan fingerprint density at radius 2 is 2.29 bits per heavy atom. The van der Waals surface area contributed by atoms with Gasteiger partial charge in [-0.15, -0.1) is 0 Å². The van der Waals surface area contributed by atoms with E-state index >= 15 is 0 Å². The van der Waals surface area contributed by atoms with Gasteiger partial charge in [-0.3, -0.25) is 4.98 Å². The van der Waals surface area contributed by atoms with Gasteiger partial charge in [0.05, 0.1) is 5.69 Å². The molecule has 0 amide bonds. The molecule has 0 radical (unpaired) electrons. The number of pyridine rings is 1. The lowest BCUT2D eigenvalue weighted by Crippen LogP contribution is -2.12. The third kappa shape index (κ3) is 5.89. The third-order valence-electron chi connectivity index (χ3n) is 2.37. The van der Waals surface area contributed by atoms with Crippen LogP contribution in [0.3, 0.4) is 0 Å². The van der Waals surface area contributed by atoms with Crippen molar-refractivity contribution in [3.63, 3.8) is 0 Å². The van der Waals surface area contributed by atoms with E-state index < -0.39 is 0 Å². The van der Waals surface area contributed by atoms with E-state index in [-0.39, 0.29) is 0 Å². The molecular weight excluding hydrogens is 250 g/mol. The Labute approximate surface area is 113 Å². The number of thiocarbonyl (C=S) groups is 1. The quantitative estimate of drug-likeness (QED) is 0.561. The first-order valence-electron chi connectivity index (χ1n) is 5.72. The number of nitrogens with one attached hydrogen (secondary N) is 1. The van der Waals surface area contributed by atoms with Crippen molar-refractivity contribution in [2.24, 2.45) is 5.73 Å². The fourth-order valence-electron chi connectivity index (χ4n) is 1.46. The molecule has 0 aliphatic rings. The largest absolute Gasteiger partial charge is 0.388 e. The van der Waals surface area contributed by atoms with Crippen LogP contribution in [0.4, 0.5) is 5.69 Å². The Balaban J connectivity index is 2.27. The van der Waals surface area contributed by atoms with Crippen molar-refractivity contribution in [2.45, 2.75) is 19.3 Å². The number of aromatic nitrogens is 1. The van der Waals surface area contributed by atoms with Crippen LogP contribution >= 0.6 is 24.0 Å². The van der Waals surface area contributed by atoms with Crippen LogP contribution in [0.25, 0.3) is 0 Å². The summed E-state index contributed by atoms with van der Waals surface area (Å²) in [6.45, 7) is 0.981. The molecule has 1 aromatic rings. The van der Waals surface area contributed by atoms with Crippen LogP contribution < -0.4 is 11.1 Å². The molecule has 5 heteroatoms. The lowest BCUT2D eigenvalue weighted by Gasteiger charge is -2.07. The first-order valence-corrected chi connectivity index (χ1v) is 7.53. The minimum atomic E-state index is 0.341. The number of unbranched alkanes of at least 4 members (excludes halogenated alkanes) is 2. The minimum absolute atomic E-state index is 0.341. The van der Waals surface area contributed by atoms with Crippen LogP contribution in [-0.2, 0) is 0 Å². The van der Waals surface area contributed by atoms with Crippen LogP contribution in [0.15, 0.2) is 18.3 Å². The van der Waals surface area contributed by atoms with Crippen molar-refractivity contribution < 1.29 is 0 Å². The fraction of sp³-hybridized carbons (Fsp3) is 0.500. The molecular formula is C12H19N3S2. The number of thioether (sulfide) groups is 1. The SMILES string of the molecule is CSCCCCCNc1ccnc(C(N)=S)c1. The predicted octanol–water partition coefficient (Wildman–Crippen LogP) is 2.66. The standard InChI is InChI=1S/C12H19N3S2/c1-17-8-4-2-3-6-14-10-5-7-15-11(9-10)12(13)16/h5,7,9H,2-4,6,8H2,1H3,(H2,13,16)(H,14,15). The van der Waals surface area contributed by atoms with Gasteiger partial charge in [-0.2, -0.15) is 11.8 Å². The fourth-order valence-corrected chi connectivity index (χ4v) is 2.06. The van der Waals surface area contributed by atoms with Gasteiger partial charge in [0.15, 0.2) is 0 Å². The molecule has 0 fully saturated rings. The van der Waals surface area contributed by atoms with E-state index in [1.54, 1.807) is 6.20 Å². The van der Waals surface area contributed by atoms with Gasteiger partial charge >= 0.3 is 0 Å². The molecule has 94 valence electrons. The van der Waals surface area contributed by atoms with Crippen molar-refractivity contribution in [2.75, 3.05) is 23.9 Å². The zero-order valence-corrected chi connectivity index (χ0v) is 11.7. The number of nitrogens with zero attached hydrogens (tertiary/aromatic N) is 1. The minimum Gasteiger partial charge on any atom is -0.388 e. The second-order valence-corrected chi connectivity index (χ2v) is 5.20. The Morgan fingerprint density at radius 3 is 3.00 bits per heavy atom. The molecule has 0 saturated heterocycles. The number of hydrogen-bond donors (Lipinski definition) is 2. The van der Waals surface area contributed by atoms with Crippen LogP contribution in [0.5, 0.6) is 0 Å². The van der Waals surface area contributed by atoms with Gasteiger partial charge in [-0.1, -0.05) is 18.6 Å². The van der Waals surface area contributed by atoms with E-state index in [2.05, 4.69) is 16.6 Å². The summed E-state index contributed by atoms with van der Waals surface area (Å²) in [5.41, 5.74) is 7.24. The Morgan fingerprint density at radius 1 is 1.47 bits per heavy atom. The molecule has 0 atom stereocenters. The summed E-state index contributed by atoms with van der Waals surface area (Å²) in [6.07, 6.45) is 7.61. The molecule has 0 bridgehead atoms. The summed E-state index contributed by atoms with van der Waals surface area (Å²) in [5.74, 6) is 1.25. The number of hydrogen-bond acceptors (Lipinski definition) is 4. The Kier molecular flexibility index (Phi) is 6.96. The molecule has 3 nitrogen and oxygen atoms in total. The summed E-state index contributed by atoms with van der Waals surface area (Å²) in [6, 6.07) is 3.83. The lowest BCUT2D eigenvalue weighted by atomic mass is 10.2. The topological polar surface area (TPSA) is 50.9 Å². The summed E-state index contributed by atoms with van der Waals surface area (Å²) >= 11 is 6.79. The van der Waals surface area contributed by atoms with Gasteiger partial charge in [0.25, 0.3) is 0 Å². The van der Waals surface area contributed by atoms with Gasteiger partial charge in [0.1, 0.15) is 4.99 Å². The van der Waals surface area contributed by atoms with Gasteiger partial charge in [0, 0.05) is 18.4 Å². The monoisotopic (exact) mass is 269 g/mol. The van der Waals surface area contributed by atoms with Crippen LogP contribution in [0.1, 0.15) is 25.0 Å². The summed E-state index contributed by atoms with van der Waals surface area (Å²) in [7, 11) is 0. The van der Waals surface area contributed by atoms with E-state index in [1.807, 2.05) is 23.9 Å². The zero-order chi connectivity index (χ0) is 12.5. The lowest BCUT2D eigenvalue weighted by molar-refractivity contribution is 0.749. The molecule has 0 unspecified atom stereocenters. The molecule has 1 rings (SSSR count). The highest BCUT2D eigenvalue weighted by molar-refractivity contribution is 7.98. The number of anilines is 1. The van der Waals surface area contributed by atoms with Gasteiger partial charge < -0.3 is 11.1 Å². The van der Waals surface area contributed by atoms with Crippen LogP contribution in [-0.4, -0.2) is 28.5 Å². The molecule has 0 saturated carbocycles. The predicted molar refractivity (Wildman–Crippen MR) is 80.8 cm³/mol. The maximum atomic E-state index is 5.53. The maximum absolute atomic E-state index is 5.53. The third-order valence-corrected chi connectivity index (χ3v) is 3.27. The number of rotatable bonds is 8. The average Bonchev–Trinajstić information content (AvgIpc) is 2.34.